The molecule has 9 nitrogen and oxygen atoms in total. The number of hydrogen-bond donors (Lipinski definition) is 4. The maximum atomic E-state index is 14.3. The lowest BCUT2D eigenvalue weighted by Crippen LogP contribution is -2.50. The Labute approximate surface area is 117 Å². The minimum absolute atomic E-state index is 0.0233. The van der Waals surface area contributed by atoms with Gasteiger partial charge in [0.1, 0.15) is 12.2 Å². The molecule has 1 fully saturated rings. The Kier molecular flexibility index (Phi) is 3.35. The van der Waals surface area contributed by atoms with Crippen molar-refractivity contribution < 1.29 is 19.3 Å². The highest BCUT2D eigenvalue weighted by molar-refractivity contribution is 5.70. The minimum Gasteiger partial charge on any atom is -0.394 e. The number of nitrogens with two attached hydrogens (primary N) is 1. The van der Waals surface area contributed by atoms with Crippen molar-refractivity contribution in [2.75, 3.05) is 18.9 Å². The summed E-state index contributed by atoms with van der Waals surface area (Å²) in [6, 6.07) is -0.915. The average molecular weight is 299 g/mol. The van der Waals surface area contributed by atoms with E-state index in [2.05, 4.69) is 15.0 Å². The standard InChI is InChI=1S/C11H14FN5O4/c12-6-4(2-21-5(1-18)8(6)19)17-3-14-7-9(17)15-11(13)16-10(7)20/h3-6,8,18-19H,1-2H2,(H3,13,15,16,20). The fourth-order valence-corrected chi connectivity index (χ4v) is 2.43. The van der Waals surface area contributed by atoms with Crippen LogP contribution >= 0.6 is 0 Å². The van der Waals surface area contributed by atoms with Crippen molar-refractivity contribution in [3.05, 3.63) is 16.7 Å². The van der Waals surface area contributed by atoms with Crippen molar-refractivity contribution in [3.8, 4) is 0 Å². The molecule has 3 rings (SSSR count). The molecule has 1 aliphatic rings. The molecule has 2 aromatic heterocycles. The molecule has 0 radical (unpaired) electrons. The van der Waals surface area contributed by atoms with Crippen LogP contribution < -0.4 is 11.3 Å². The topological polar surface area (TPSA) is 139 Å². The van der Waals surface area contributed by atoms with Crippen molar-refractivity contribution >= 4 is 17.1 Å². The van der Waals surface area contributed by atoms with Gasteiger partial charge in [0.2, 0.25) is 5.95 Å². The second-order valence-electron chi connectivity index (χ2n) is 4.83. The van der Waals surface area contributed by atoms with Crippen LogP contribution in [0.5, 0.6) is 0 Å². The Balaban J connectivity index is 2.03. The van der Waals surface area contributed by atoms with Gasteiger partial charge in [-0.2, -0.15) is 4.98 Å². The Hall–Kier alpha value is -2.04. The molecule has 10 heteroatoms. The number of anilines is 1. The van der Waals surface area contributed by atoms with Crippen molar-refractivity contribution in [1.82, 2.24) is 19.5 Å². The van der Waals surface area contributed by atoms with E-state index in [1.54, 1.807) is 0 Å². The summed E-state index contributed by atoms with van der Waals surface area (Å²) in [6.45, 7) is -0.576. The molecular formula is C11H14FN5O4. The van der Waals surface area contributed by atoms with Crippen LogP contribution in [0.25, 0.3) is 11.2 Å². The van der Waals surface area contributed by atoms with E-state index in [1.165, 1.54) is 10.9 Å². The lowest BCUT2D eigenvalue weighted by Gasteiger charge is -2.36. The largest absolute Gasteiger partial charge is 0.394 e. The summed E-state index contributed by atoms with van der Waals surface area (Å²) in [5.41, 5.74) is 5.08. The van der Waals surface area contributed by atoms with Gasteiger partial charge in [-0.3, -0.25) is 9.78 Å². The highest BCUT2D eigenvalue weighted by Gasteiger charge is 2.41. The third kappa shape index (κ3) is 2.17. The highest BCUT2D eigenvalue weighted by Crippen LogP contribution is 2.28. The Morgan fingerprint density at radius 1 is 1.62 bits per heavy atom. The molecule has 1 aliphatic heterocycles. The van der Waals surface area contributed by atoms with Crippen LogP contribution in [-0.4, -0.2) is 61.3 Å². The summed E-state index contributed by atoms with van der Waals surface area (Å²) in [5, 5.41) is 18.8. The van der Waals surface area contributed by atoms with Gasteiger partial charge in [0.15, 0.2) is 17.3 Å². The molecule has 21 heavy (non-hydrogen) atoms. The first-order valence-electron chi connectivity index (χ1n) is 6.30. The fourth-order valence-electron chi connectivity index (χ4n) is 2.43. The van der Waals surface area contributed by atoms with Crippen LogP contribution in [0.2, 0.25) is 0 Å². The smallest absolute Gasteiger partial charge is 0.280 e. The summed E-state index contributed by atoms with van der Waals surface area (Å²) in [5.74, 6) is -0.116. The molecular weight excluding hydrogens is 285 g/mol. The first-order chi connectivity index (χ1) is 10.0. The van der Waals surface area contributed by atoms with E-state index < -0.39 is 36.6 Å². The molecule has 4 atom stereocenters. The van der Waals surface area contributed by atoms with E-state index in [-0.39, 0.29) is 23.7 Å². The van der Waals surface area contributed by atoms with Gasteiger partial charge in [-0.25, -0.2) is 9.37 Å². The zero-order chi connectivity index (χ0) is 15.1. The van der Waals surface area contributed by atoms with Crippen LogP contribution in [-0.2, 0) is 4.74 Å². The molecule has 2 aromatic rings. The molecule has 3 heterocycles. The van der Waals surface area contributed by atoms with Gasteiger partial charge in [-0.05, 0) is 0 Å². The number of fused-ring (bicyclic) bond motifs is 1. The van der Waals surface area contributed by atoms with Crippen LogP contribution in [0.4, 0.5) is 10.3 Å². The molecule has 0 bridgehead atoms. The third-order valence-corrected chi connectivity index (χ3v) is 3.54. The van der Waals surface area contributed by atoms with Crippen LogP contribution in [0.3, 0.4) is 0 Å². The van der Waals surface area contributed by atoms with Gasteiger partial charge in [-0.15, -0.1) is 0 Å². The van der Waals surface area contributed by atoms with Crippen LogP contribution in [0.15, 0.2) is 11.1 Å². The number of nitrogens with zero attached hydrogens (tertiary/aromatic N) is 3. The van der Waals surface area contributed by atoms with Gasteiger partial charge in [0.25, 0.3) is 5.56 Å². The number of ether oxygens (including phenoxy) is 1. The van der Waals surface area contributed by atoms with E-state index in [4.69, 9.17) is 15.6 Å². The Morgan fingerprint density at radius 2 is 2.38 bits per heavy atom. The Morgan fingerprint density at radius 3 is 3.10 bits per heavy atom. The van der Waals surface area contributed by atoms with Gasteiger partial charge in [-0.1, -0.05) is 0 Å². The summed E-state index contributed by atoms with van der Waals surface area (Å²) < 4.78 is 20.9. The fraction of sp³-hybridized carbons (Fsp3) is 0.545. The summed E-state index contributed by atoms with van der Waals surface area (Å²) in [6.07, 6.45) is -2.91. The van der Waals surface area contributed by atoms with Crippen molar-refractivity contribution in [2.45, 2.75) is 24.4 Å². The van der Waals surface area contributed by atoms with Gasteiger partial charge in [0, 0.05) is 0 Å². The zero-order valence-corrected chi connectivity index (χ0v) is 10.8. The number of aliphatic hydroxyl groups excluding tert-OH is 2. The van der Waals surface area contributed by atoms with Crippen LogP contribution in [0, 0.1) is 0 Å². The number of hydrogen-bond acceptors (Lipinski definition) is 7. The molecule has 5 N–H and O–H groups in total. The quantitative estimate of drug-likeness (QED) is 0.520. The summed E-state index contributed by atoms with van der Waals surface area (Å²) in [7, 11) is 0. The SMILES string of the molecule is Nc1nc2c(ncn2C2COC(CO)C(O)C2F)c(=O)[nH]1. The minimum atomic E-state index is -1.70. The predicted octanol–water partition coefficient (Wildman–Crippen LogP) is -1.67. The molecule has 114 valence electrons. The van der Waals surface area contributed by atoms with Gasteiger partial charge >= 0.3 is 0 Å². The number of halogens is 1. The lowest BCUT2D eigenvalue weighted by molar-refractivity contribution is -0.148. The molecule has 0 aliphatic carbocycles. The number of nitrogens with one attached hydrogen (secondary N) is 1. The molecule has 0 saturated carbocycles. The molecule has 0 amide bonds. The number of alkyl halides is 1. The van der Waals surface area contributed by atoms with E-state index in [0.717, 1.165) is 0 Å². The van der Waals surface area contributed by atoms with Crippen LogP contribution in [0.1, 0.15) is 6.04 Å². The molecule has 1 saturated heterocycles. The van der Waals surface area contributed by atoms with Crippen molar-refractivity contribution in [3.63, 3.8) is 0 Å². The number of H-pyrrole nitrogens is 1. The van der Waals surface area contributed by atoms with E-state index in [9.17, 15) is 14.3 Å². The Bertz CT molecular complexity index is 716. The van der Waals surface area contributed by atoms with E-state index in [1.807, 2.05) is 0 Å². The monoisotopic (exact) mass is 299 g/mol. The third-order valence-electron chi connectivity index (χ3n) is 3.54. The maximum Gasteiger partial charge on any atom is 0.280 e. The van der Waals surface area contributed by atoms with E-state index in [0.29, 0.717) is 0 Å². The van der Waals surface area contributed by atoms with Crippen molar-refractivity contribution in [2.24, 2.45) is 0 Å². The molecule has 0 aromatic carbocycles. The average Bonchev–Trinajstić information content (AvgIpc) is 2.86. The normalized spacial score (nSPS) is 29.9. The van der Waals surface area contributed by atoms with Gasteiger partial charge in [0.05, 0.1) is 25.6 Å². The number of imidazole rings is 1. The number of aromatic nitrogens is 4. The van der Waals surface area contributed by atoms with Gasteiger partial charge < -0.3 is 25.3 Å². The number of aromatic amines is 1. The zero-order valence-electron chi connectivity index (χ0n) is 10.8. The number of aliphatic hydroxyl groups is 2. The number of nitrogen functional groups attached to an aromatic ring is 1. The van der Waals surface area contributed by atoms with E-state index >= 15 is 0 Å². The summed E-state index contributed by atoms with van der Waals surface area (Å²) >= 11 is 0. The molecule has 0 spiro atoms. The first kappa shape index (κ1) is 13.9. The number of rotatable bonds is 2. The van der Waals surface area contributed by atoms with Crippen molar-refractivity contribution in [1.29, 1.82) is 0 Å². The first-order valence-corrected chi connectivity index (χ1v) is 6.30. The summed E-state index contributed by atoms with van der Waals surface area (Å²) in [4.78, 5) is 21.8. The highest BCUT2D eigenvalue weighted by atomic mass is 19.1. The maximum absolute atomic E-state index is 14.3. The second-order valence-corrected chi connectivity index (χ2v) is 4.83. The predicted molar refractivity (Wildman–Crippen MR) is 69.3 cm³/mol. The lowest BCUT2D eigenvalue weighted by atomic mass is 9.99. The second kappa shape index (κ2) is 5.06. The molecule has 4 unspecified atom stereocenters.